The standard InChI is InChI=1S/C11H9BrClNO/c1-7(15)11(12)10-6-9(13)3-2-8(10)4-5-14/h2-3,6,11H,4H2,1H3. The van der Waals surface area contributed by atoms with Crippen molar-refractivity contribution in [3.63, 3.8) is 0 Å². The Morgan fingerprint density at radius 2 is 2.33 bits per heavy atom. The second-order valence-corrected chi connectivity index (χ2v) is 4.50. The molecule has 0 aliphatic rings. The molecule has 4 heteroatoms. The van der Waals surface area contributed by atoms with Gasteiger partial charge in [-0.3, -0.25) is 4.79 Å². The van der Waals surface area contributed by atoms with Crippen LogP contribution in [0.15, 0.2) is 18.2 Å². The lowest BCUT2D eigenvalue weighted by atomic mass is 10.0. The predicted molar refractivity (Wildman–Crippen MR) is 63.1 cm³/mol. The molecular weight excluding hydrogens is 277 g/mol. The first-order chi connectivity index (χ1) is 7.06. The first kappa shape index (κ1) is 12.2. The normalized spacial score (nSPS) is 11.9. The predicted octanol–water partition coefficient (Wildman–Crippen LogP) is 3.43. The minimum absolute atomic E-state index is 0.00328. The Balaban J connectivity index is 3.18. The van der Waals surface area contributed by atoms with E-state index in [-0.39, 0.29) is 17.0 Å². The molecular formula is C11H9BrClNO. The van der Waals surface area contributed by atoms with Crippen molar-refractivity contribution in [2.45, 2.75) is 18.2 Å². The third-order valence-electron chi connectivity index (χ3n) is 2.01. The molecule has 0 heterocycles. The highest BCUT2D eigenvalue weighted by Gasteiger charge is 2.16. The van der Waals surface area contributed by atoms with Crippen LogP contribution in [0.3, 0.4) is 0 Å². The lowest BCUT2D eigenvalue weighted by Gasteiger charge is -2.11. The van der Waals surface area contributed by atoms with Gasteiger partial charge in [-0.1, -0.05) is 33.6 Å². The van der Waals surface area contributed by atoms with Gasteiger partial charge in [0.15, 0.2) is 0 Å². The van der Waals surface area contributed by atoms with Crippen LogP contribution in [-0.2, 0) is 11.2 Å². The van der Waals surface area contributed by atoms with Gasteiger partial charge in [0.25, 0.3) is 0 Å². The zero-order chi connectivity index (χ0) is 11.4. The largest absolute Gasteiger partial charge is 0.298 e. The van der Waals surface area contributed by atoms with E-state index in [2.05, 4.69) is 22.0 Å². The second-order valence-electron chi connectivity index (χ2n) is 3.15. The smallest absolute Gasteiger partial charge is 0.147 e. The number of rotatable bonds is 3. The number of nitrogens with zero attached hydrogens (tertiary/aromatic N) is 1. The van der Waals surface area contributed by atoms with Crippen molar-refractivity contribution in [3.8, 4) is 6.07 Å². The third kappa shape index (κ3) is 3.05. The summed E-state index contributed by atoms with van der Waals surface area (Å²) in [5.41, 5.74) is 1.61. The van der Waals surface area contributed by atoms with Crippen LogP contribution in [-0.4, -0.2) is 5.78 Å². The molecule has 1 aromatic carbocycles. The van der Waals surface area contributed by atoms with Crippen LogP contribution in [0.25, 0.3) is 0 Å². The third-order valence-corrected chi connectivity index (χ3v) is 3.38. The van der Waals surface area contributed by atoms with Crippen LogP contribution in [0.1, 0.15) is 22.9 Å². The number of carbonyl (C=O) groups excluding carboxylic acids is 1. The monoisotopic (exact) mass is 285 g/mol. The average molecular weight is 287 g/mol. The Hall–Kier alpha value is -0.850. The fraction of sp³-hybridized carbons (Fsp3) is 0.273. The summed E-state index contributed by atoms with van der Waals surface area (Å²) in [7, 11) is 0. The van der Waals surface area contributed by atoms with Crippen LogP contribution < -0.4 is 0 Å². The van der Waals surface area contributed by atoms with Gasteiger partial charge in [0, 0.05) is 5.02 Å². The van der Waals surface area contributed by atoms with Crippen LogP contribution in [0.4, 0.5) is 0 Å². The van der Waals surface area contributed by atoms with E-state index in [0.29, 0.717) is 5.02 Å². The average Bonchev–Trinajstić information content (AvgIpc) is 2.20. The van der Waals surface area contributed by atoms with Crippen LogP contribution in [0, 0.1) is 11.3 Å². The van der Waals surface area contributed by atoms with Crippen molar-refractivity contribution < 1.29 is 4.79 Å². The Kier molecular flexibility index (Phi) is 4.31. The number of nitriles is 1. The van der Waals surface area contributed by atoms with Gasteiger partial charge in [0.1, 0.15) is 5.78 Å². The summed E-state index contributed by atoms with van der Waals surface area (Å²) in [6.45, 7) is 1.50. The van der Waals surface area contributed by atoms with E-state index >= 15 is 0 Å². The number of alkyl halides is 1. The van der Waals surface area contributed by atoms with Gasteiger partial charge < -0.3 is 0 Å². The van der Waals surface area contributed by atoms with Crippen LogP contribution >= 0.6 is 27.5 Å². The van der Waals surface area contributed by atoms with Crippen molar-refractivity contribution in [3.05, 3.63) is 34.3 Å². The molecule has 78 valence electrons. The molecule has 1 unspecified atom stereocenters. The molecule has 0 spiro atoms. The van der Waals surface area contributed by atoms with Gasteiger partial charge in [-0.15, -0.1) is 0 Å². The number of hydrogen-bond acceptors (Lipinski definition) is 2. The highest BCUT2D eigenvalue weighted by molar-refractivity contribution is 9.09. The molecule has 1 atom stereocenters. The summed E-state index contributed by atoms with van der Waals surface area (Å²) >= 11 is 9.14. The highest BCUT2D eigenvalue weighted by atomic mass is 79.9. The summed E-state index contributed by atoms with van der Waals surface area (Å²) in [5, 5.41) is 9.22. The summed E-state index contributed by atoms with van der Waals surface area (Å²) in [6, 6.07) is 7.28. The molecule has 0 radical (unpaired) electrons. The number of ketones is 1. The molecule has 1 rings (SSSR count). The molecule has 0 fully saturated rings. The van der Waals surface area contributed by atoms with E-state index in [1.54, 1.807) is 18.2 Å². The van der Waals surface area contributed by atoms with Gasteiger partial charge >= 0.3 is 0 Å². The van der Waals surface area contributed by atoms with Gasteiger partial charge in [0.05, 0.1) is 17.3 Å². The molecule has 0 aromatic heterocycles. The Bertz CT molecular complexity index is 425. The van der Waals surface area contributed by atoms with Crippen molar-refractivity contribution >= 4 is 33.3 Å². The molecule has 1 aromatic rings. The molecule has 0 N–H and O–H groups in total. The molecule has 0 aliphatic carbocycles. The number of benzene rings is 1. The van der Waals surface area contributed by atoms with E-state index in [1.807, 2.05) is 0 Å². The van der Waals surface area contributed by atoms with Crippen LogP contribution in [0.2, 0.25) is 5.02 Å². The van der Waals surface area contributed by atoms with Gasteiger partial charge in [-0.2, -0.15) is 5.26 Å². The minimum Gasteiger partial charge on any atom is -0.298 e. The number of halogens is 2. The fourth-order valence-electron chi connectivity index (χ4n) is 1.27. The summed E-state index contributed by atoms with van der Waals surface area (Å²) in [4.78, 5) is 10.8. The fourth-order valence-corrected chi connectivity index (χ4v) is 1.87. The lowest BCUT2D eigenvalue weighted by molar-refractivity contribution is -0.116. The molecule has 0 aliphatic heterocycles. The SMILES string of the molecule is CC(=O)C(Br)c1cc(Cl)ccc1CC#N. The molecule has 2 nitrogen and oxygen atoms in total. The maximum atomic E-state index is 11.2. The Morgan fingerprint density at radius 1 is 1.67 bits per heavy atom. The summed E-state index contributed by atoms with van der Waals surface area (Å²) < 4.78 is 0. The van der Waals surface area contributed by atoms with E-state index in [9.17, 15) is 4.79 Å². The number of carbonyl (C=O) groups is 1. The maximum absolute atomic E-state index is 11.2. The molecule has 0 saturated heterocycles. The van der Waals surface area contributed by atoms with Crippen LogP contribution in [0.5, 0.6) is 0 Å². The quantitative estimate of drug-likeness (QED) is 0.799. The van der Waals surface area contributed by atoms with Gasteiger partial charge in [0.2, 0.25) is 0 Å². The Morgan fingerprint density at radius 3 is 2.87 bits per heavy atom. The molecule has 0 amide bonds. The van der Waals surface area contributed by atoms with Crippen molar-refractivity contribution in [2.24, 2.45) is 0 Å². The van der Waals surface area contributed by atoms with E-state index in [4.69, 9.17) is 16.9 Å². The maximum Gasteiger partial charge on any atom is 0.147 e. The molecule has 15 heavy (non-hydrogen) atoms. The summed E-state index contributed by atoms with van der Waals surface area (Å²) in [5.74, 6) is -0.00328. The first-order valence-electron chi connectivity index (χ1n) is 4.36. The number of hydrogen-bond donors (Lipinski definition) is 0. The van der Waals surface area contributed by atoms with Gasteiger partial charge in [-0.25, -0.2) is 0 Å². The molecule has 0 saturated carbocycles. The zero-order valence-electron chi connectivity index (χ0n) is 8.13. The lowest BCUT2D eigenvalue weighted by Crippen LogP contribution is -2.04. The topological polar surface area (TPSA) is 40.9 Å². The van der Waals surface area contributed by atoms with Crippen molar-refractivity contribution in [2.75, 3.05) is 0 Å². The van der Waals surface area contributed by atoms with Crippen molar-refractivity contribution in [1.82, 2.24) is 0 Å². The second kappa shape index (κ2) is 5.29. The van der Waals surface area contributed by atoms with E-state index in [0.717, 1.165) is 11.1 Å². The Labute approximate surface area is 102 Å². The number of Topliss-reactive ketones (excluding diaryl/α,β-unsaturated/α-hetero) is 1. The highest BCUT2D eigenvalue weighted by Crippen LogP contribution is 2.29. The van der Waals surface area contributed by atoms with Crippen molar-refractivity contribution in [1.29, 1.82) is 5.26 Å². The van der Waals surface area contributed by atoms with Gasteiger partial charge in [-0.05, 0) is 30.2 Å². The zero-order valence-corrected chi connectivity index (χ0v) is 10.5. The summed E-state index contributed by atoms with van der Waals surface area (Å²) in [6.07, 6.45) is 0.280. The van der Waals surface area contributed by atoms with E-state index in [1.165, 1.54) is 6.92 Å². The van der Waals surface area contributed by atoms with E-state index < -0.39 is 0 Å². The first-order valence-corrected chi connectivity index (χ1v) is 5.65. The molecule has 0 bridgehead atoms. The minimum atomic E-state index is -0.389.